The van der Waals surface area contributed by atoms with Gasteiger partial charge in [-0.1, -0.05) is 23.7 Å². The minimum atomic E-state index is -3.91. The van der Waals surface area contributed by atoms with Gasteiger partial charge in [0.05, 0.1) is 10.6 Å². The first-order chi connectivity index (χ1) is 16.7. The maximum Gasteiger partial charge on any atom is 0.277 e. The summed E-state index contributed by atoms with van der Waals surface area (Å²) in [6.45, 7) is 4.01. The van der Waals surface area contributed by atoms with Crippen LogP contribution in [0.15, 0.2) is 71.8 Å². The Bertz CT molecular complexity index is 1310. The quantitative estimate of drug-likeness (QED) is 0.438. The van der Waals surface area contributed by atoms with Gasteiger partial charge in [0, 0.05) is 30.5 Å². The second-order valence-corrected chi connectivity index (χ2v) is 11.4. The number of rotatable bonds is 6. The molecule has 1 fully saturated rings. The lowest BCUT2D eigenvalue weighted by atomic mass is 9.90. The highest BCUT2D eigenvalue weighted by atomic mass is 35.5. The summed E-state index contributed by atoms with van der Waals surface area (Å²) in [5.74, 6) is -1.13. The van der Waals surface area contributed by atoms with Gasteiger partial charge in [0.1, 0.15) is 16.3 Å². The molecule has 3 aromatic rings. The van der Waals surface area contributed by atoms with Crippen molar-refractivity contribution in [3.05, 3.63) is 89.0 Å². The van der Waals surface area contributed by atoms with Crippen molar-refractivity contribution in [2.75, 3.05) is 18.1 Å². The number of aromatic nitrogens is 1. The van der Waals surface area contributed by atoms with E-state index in [1.807, 2.05) is 0 Å². The van der Waals surface area contributed by atoms with Gasteiger partial charge in [-0.05, 0) is 80.8 Å². The largest absolute Gasteiger partial charge is 0.381 e. The molecule has 1 aliphatic heterocycles. The average Bonchev–Trinajstić information content (AvgIpc) is 2.86. The third kappa shape index (κ3) is 4.70. The number of halogens is 2. The maximum absolute atomic E-state index is 15.6. The van der Waals surface area contributed by atoms with Crippen molar-refractivity contribution in [3.63, 3.8) is 0 Å². The number of hydrogen-bond donors (Lipinski definition) is 0. The summed E-state index contributed by atoms with van der Waals surface area (Å²) in [6.07, 6.45) is 1.86. The van der Waals surface area contributed by atoms with E-state index >= 15 is 4.39 Å². The van der Waals surface area contributed by atoms with E-state index in [0.717, 1.165) is 0 Å². The molecule has 35 heavy (non-hydrogen) atoms. The number of sulfone groups is 1. The van der Waals surface area contributed by atoms with Crippen molar-refractivity contribution >= 4 is 33.0 Å². The fourth-order valence-corrected chi connectivity index (χ4v) is 6.69. The zero-order valence-corrected chi connectivity index (χ0v) is 21.0. The van der Waals surface area contributed by atoms with E-state index in [1.165, 1.54) is 47.5 Å². The average molecular weight is 517 g/mol. The van der Waals surface area contributed by atoms with Gasteiger partial charge < -0.3 is 9.64 Å². The summed E-state index contributed by atoms with van der Waals surface area (Å²) >= 11 is 5.96. The van der Waals surface area contributed by atoms with Crippen LogP contribution in [-0.2, 0) is 19.3 Å². The van der Waals surface area contributed by atoms with Gasteiger partial charge in [-0.2, -0.15) is 0 Å². The third-order valence-electron chi connectivity index (χ3n) is 6.29. The summed E-state index contributed by atoms with van der Waals surface area (Å²) in [4.78, 5) is 18.7. The van der Waals surface area contributed by atoms with Crippen LogP contribution in [0.25, 0.3) is 0 Å². The second kappa shape index (κ2) is 10.0. The third-order valence-corrected chi connectivity index (χ3v) is 9.11. The highest BCUT2D eigenvalue weighted by Crippen LogP contribution is 2.44. The Balaban J connectivity index is 1.79. The number of carbonyl (C=O) groups is 1. The predicted octanol–water partition coefficient (Wildman–Crippen LogP) is 5.41. The van der Waals surface area contributed by atoms with Gasteiger partial charge in [-0.15, -0.1) is 0 Å². The van der Waals surface area contributed by atoms with Gasteiger partial charge >= 0.3 is 0 Å². The Morgan fingerprint density at radius 2 is 1.77 bits per heavy atom. The topological polar surface area (TPSA) is 76.6 Å². The fourth-order valence-electron chi connectivity index (χ4n) is 4.47. The molecule has 2 heterocycles. The molecular weight excluding hydrogens is 491 g/mol. The monoisotopic (exact) mass is 516 g/mol. The van der Waals surface area contributed by atoms with E-state index in [4.69, 9.17) is 16.3 Å². The van der Waals surface area contributed by atoms with Gasteiger partial charge in [0.15, 0.2) is 9.84 Å². The highest BCUT2D eigenvalue weighted by molar-refractivity contribution is 7.92. The normalized spacial score (nSPS) is 15.7. The van der Waals surface area contributed by atoms with Crippen LogP contribution in [0.4, 0.5) is 10.1 Å². The zero-order chi connectivity index (χ0) is 25.2. The molecule has 0 spiro atoms. The van der Waals surface area contributed by atoms with Gasteiger partial charge in [-0.3, -0.25) is 9.78 Å². The molecule has 0 unspecified atom stereocenters. The first kappa shape index (κ1) is 25.3. The molecule has 1 aliphatic rings. The molecule has 6 nitrogen and oxygen atoms in total. The van der Waals surface area contributed by atoms with E-state index in [9.17, 15) is 13.2 Å². The lowest BCUT2D eigenvalue weighted by Crippen LogP contribution is -2.42. The Labute approximate surface area is 209 Å². The number of hydrogen-bond acceptors (Lipinski definition) is 5. The van der Waals surface area contributed by atoms with Crippen molar-refractivity contribution in [3.8, 4) is 0 Å². The van der Waals surface area contributed by atoms with Crippen LogP contribution in [0.5, 0.6) is 0 Å². The first-order valence-corrected chi connectivity index (χ1v) is 13.2. The molecule has 1 saturated heterocycles. The van der Waals surface area contributed by atoms with Gasteiger partial charge in [-0.25, -0.2) is 12.8 Å². The molecule has 1 amide bonds. The summed E-state index contributed by atoms with van der Waals surface area (Å²) in [6, 6.07) is 14.9. The number of ether oxygens (including phenoxy) is 1. The van der Waals surface area contributed by atoms with E-state index in [2.05, 4.69) is 4.98 Å². The van der Waals surface area contributed by atoms with Crippen molar-refractivity contribution < 1.29 is 22.3 Å². The zero-order valence-electron chi connectivity index (χ0n) is 19.4. The summed E-state index contributed by atoms with van der Waals surface area (Å²) < 4.78 is 47.5. The number of amides is 1. The Morgan fingerprint density at radius 3 is 2.34 bits per heavy atom. The SMILES string of the molecule is CC(C)N(C(=O)c1ccccn1)c1ccc(C2(S(=O)(=O)c3ccc(Cl)cc3)CCOCC2)cc1F. The Morgan fingerprint density at radius 1 is 1.09 bits per heavy atom. The molecule has 0 aliphatic carbocycles. The van der Waals surface area contributed by atoms with Crippen LogP contribution < -0.4 is 4.90 Å². The maximum atomic E-state index is 15.6. The smallest absolute Gasteiger partial charge is 0.277 e. The minimum absolute atomic E-state index is 0.0607. The fraction of sp³-hybridized carbons (Fsp3) is 0.308. The van der Waals surface area contributed by atoms with Crippen LogP contribution in [0.3, 0.4) is 0 Å². The second-order valence-electron chi connectivity index (χ2n) is 8.71. The van der Waals surface area contributed by atoms with Crippen LogP contribution in [0.2, 0.25) is 5.02 Å². The van der Waals surface area contributed by atoms with E-state index in [0.29, 0.717) is 10.6 Å². The van der Waals surface area contributed by atoms with Crippen LogP contribution in [0, 0.1) is 5.82 Å². The summed E-state index contributed by atoms with van der Waals surface area (Å²) in [7, 11) is -3.91. The number of anilines is 1. The van der Waals surface area contributed by atoms with Crippen LogP contribution in [-0.4, -0.2) is 38.6 Å². The first-order valence-electron chi connectivity index (χ1n) is 11.3. The number of nitrogens with zero attached hydrogens (tertiary/aromatic N) is 2. The van der Waals surface area contributed by atoms with Gasteiger partial charge in [0.25, 0.3) is 5.91 Å². The van der Waals surface area contributed by atoms with Gasteiger partial charge in [0.2, 0.25) is 0 Å². The van der Waals surface area contributed by atoms with E-state index in [-0.39, 0.29) is 48.4 Å². The van der Waals surface area contributed by atoms with Crippen molar-refractivity contribution in [1.29, 1.82) is 0 Å². The lowest BCUT2D eigenvalue weighted by molar-refractivity contribution is 0.0739. The molecule has 0 bridgehead atoms. The highest BCUT2D eigenvalue weighted by Gasteiger charge is 2.47. The lowest BCUT2D eigenvalue weighted by Gasteiger charge is -2.37. The summed E-state index contributed by atoms with van der Waals surface area (Å²) in [5.41, 5.74) is 0.576. The van der Waals surface area contributed by atoms with Crippen LogP contribution >= 0.6 is 11.6 Å². The van der Waals surface area contributed by atoms with E-state index in [1.54, 1.807) is 38.1 Å². The summed E-state index contributed by atoms with van der Waals surface area (Å²) in [5, 5.41) is 0.423. The number of benzene rings is 2. The molecule has 0 atom stereocenters. The molecule has 0 N–H and O–H groups in total. The number of pyridine rings is 1. The molecule has 2 aromatic carbocycles. The number of carbonyl (C=O) groups excluding carboxylic acids is 1. The molecular formula is C26H26ClFN2O4S. The molecule has 9 heteroatoms. The van der Waals surface area contributed by atoms with Crippen molar-refractivity contribution in [2.45, 2.75) is 42.4 Å². The van der Waals surface area contributed by atoms with Crippen LogP contribution in [0.1, 0.15) is 42.7 Å². The van der Waals surface area contributed by atoms with Crippen molar-refractivity contribution in [1.82, 2.24) is 4.98 Å². The minimum Gasteiger partial charge on any atom is -0.381 e. The molecule has 1 aromatic heterocycles. The molecule has 4 rings (SSSR count). The molecule has 0 saturated carbocycles. The predicted molar refractivity (Wildman–Crippen MR) is 133 cm³/mol. The molecule has 0 radical (unpaired) electrons. The van der Waals surface area contributed by atoms with Crippen molar-refractivity contribution in [2.24, 2.45) is 0 Å². The Kier molecular flexibility index (Phi) is 7.26. The van der Waals surface area contributed by atoms with E-state index < -0.39 is 26.3 Å². The standard InChI is InChI=1S/C26H26ClFN2O4S/c1-18(2)30(25(31)23-5-3-4-14-29-23)24-11-6-19(17-22(24)28)26(12-15-34-16-13-26)35(32,33)21-9-7-20(27)8-10-21/h3-11,14,17-18H,12-13,15-16H2,1-2H3. The molecule has 184 valence electrons. The Hall–Kier alpha value is -2.81.